The van der Waals surface area contributed by atoms with E-state index < -0.39 is 0 Å². The van der Waals surface area contributed by atoms with Crippen LogP contribution < -0.4 is 5.56 Å². The Labute approximate surface area is 113 Å². The van der Waals surface area contributed by atoms with Gasteiger partial charge in [-0.05, 0) is 25.6 Å². The molecule has 0 aromatic carbocycles. The molecule has 2 heterocycles. The molecule has 0 spiro atoms. The number of H-pyrrole nitrogens is 1. The Morgan fingerprint density at radius 2 is 2.16 bits per heavy atom. The summed E-state index contributed by atoms with van der Waals surface area (Å²) in [7, 11) is 0. The van der Waals surface area contributed by atoms with Gasteiger partial charge in [-0.3, -0.25) is 14.5 Å². The van der Waals surface area contributed by atoms with Crippen LogP contribution in [0.25, 0.3) is 0 Å². The van der Waals surface area contributed by atoms with E-state index in [1.54, 1.807) is 12.1 Å². The van der Waals surface area contributed by atoms with Gasteiger partial charge in [0.2, 0.25) is 5.56 Å². The van der Waals surface area contributed by atoms with Gasteiger partial charge in [0, 0.05) is 25.2 Å². The largest absolute Gasteiger partial charge is 0.336 e. The second-order valence-corrected chi connectivity index (χ2v) is 4.84. The number of hydrogen-bond donors (Lipinski definition) is 1. The van der Waals surface area contributed by atoms with Crippen LogP contribution in [-0.2, 0) is 0 Å². The van der Waals surface area contributed by atoms with Crippen molar-refractivity contribution in [1.29, 1.82) is 0 Å². The molecule has 5 heteroatoms. The second-order valence-electron chi connectivity index (χ2n) is 4.84. The van der Waals surface area contributed by atoms with Gasteiger partial charge in [0.25, 0.3) is 5.91 Å². The highest BCUT2D eigenvalue weighted by Crippen LogP contribution is 2.17. The van der Waals surface area contributed by atoms with Crippen LogP contribution in [0.1, 0.15) is 30.8 Å². The molecule has 1 N–H and O–H groups in total. The van der Waals surface area contributed by atoms with E-state index in [0.717, 1.165) is 32.6 Å². The van der Waals surface area contributed by atoms with Crippen LogP contribution in [0, 0.1) is 0 Å². The molecule has 5 nitrogen and oxygen atoms in total. The molecule has 1 unspecified atom stereocenters. The van der Waals surface area contributed by atoms with Crippen molar-refractivity contribution in [2.24, 2.45) is 0 Å². The quantitative estimate of drug-likeness (QED) is 0.879. The van der Waals surface area contributed by atoms with Gasteiger partial charge in [-0.15, -0.1) is 0 Å². The summed E-state index contributed by atoms with van der Waals surface area (Å²) < 4.78 is 0. The number of carbonyl (C=O) groups is 1. The summed E-state index contributed by atoms with van der Waals surface area (Å²) in [6.07, 6.45) is 1.00. The fourth-order valence-electron chi connectivity index (χ4n) is 2.71. The van der Waals surface area contributed by atoms with Crippen LogP contribution in [0.5, 0.6) is 0 Å². The maximum absolute atomic E-state index is 12.3. The number of hydrogen-bond acceptors (Lipinski definition) is 3. The predicted molar refractivity (Wildman–Crippen MR) is 74.3 cm³/mol. The van der Waals surface area contributed by atoms with Crippen LogP contribution in [0.15, 0.2) is 23.0 Å². The molecule has 0 radical (unpaired) electrons. The third-order valence-corrected chi connectivity index (χ3v) is 3.78. The van der Waals surface area contributed by atoms with Crippen molar-refractivity contribution in [1.82, 2.24) is 14.8 Å². The molecule has 104 valence electrons. The highest BCUT2D eigenvalue weighted by Gasteiger charge is 2.29. The minimum absolute atomic E-state index is 0.0765. The Hall–Kier alpha value is -1.62. The second kappa shape index (κ2) is 6.02. The maximum atomic E-state index is 12.3. The van der Waals surface area contributed by atoms with E-state index in [1.165, 1.54) is 6.07 Å². The smallest absolute Gasteiger partial charge is 0.270 e. The molecule has 1 aromatic heterocycles. The molecular formula is C14H21N3O2. The molecule has 2 rings (SSSR count). The molecule has 1 fully saturated rings. The summed E-state index contributed by atoms with van der Waals surface area (Å²) in [5.41, 5.74) is 0.151. The van der Waals surface area contributed by atoms with Crippen LogP contribution in [0.3, 0.4) is 0 Å². The number of aromatic nitrogens is 1. The normalized spacial score (nSPS) is 19.1. The molecule has 0 saturated carbocycles. The summed E-state index contributed by atoms with van der Waals surface area (Å²) in [6, 6.07) is 5.13. The molecule has 19 heavy (non-hydrogen) atoms. The van der Waals surface area contributed by atoms with Crippen LogP contribution >= 0.6 is 0 Å². The molecule has 1 saturated heterocycles. The first-order valence-corrected chi connectivity index (χ1v) is 6.88. The van der Waals surface area contributed by atoms with E-state index >= 15 is 0 Å². The lowest BCUT2D eigenvalue weighted by molar-refractivity contribution is 0.0772. The van der Waals surface area contributed by atoms with Gasteiger partial charge >= 0.3 is 0 Å². The Morgan fingerprint density at radius 3 is 2.79 bits per heavy atom. The van der Waals surface area contributed by atoms with Crippen molar-refractivity contribution in [3.05, 3.63) is 34.2 Å². The van der Waals surface area contributed by atoms with Crippen molar-refractivity contribution >= 4 is 5.91 Å². The van der Waals surface area contributed by atoms with Crippen molar-refractivity contribution in [2.75, 3.05) is 26.2 Å². The average molecular weight is 263 g/mol. The molecule has 0 aliphatic carbocycles. The lowest BCUT2D eigenvalue weighted by Crippen LogP contribution is -2.39. The number of aromatic amines is 1. The van der Waals surface area contributed by atoms with E-state index in [4.69, 9.17) is 0 Å². The van der Waals surface area contributed by atoms with Gasteiger partial charge < -0.3 is 9.88 Å². The predicted octanol–water partition coefficient (Wildman–Crippen LogP) is 0.931. The fraction of sp³-hybridized carbons (Fsp3) is 0.571. The number of nitrogens with one attached hydrogen (secondary N) is 1. The van der Waals surface area contributed by atoms with E-state index in [2.05, 4.69) is 23.7 Å². The SMILES string of the molecule is CCN(CC)C1CCN(C(=O)c2cccc(=O)[nH]2)C1. The number of likely N-dealkylation sites (N-methyl/N-ethyl adjacent to an activating group) is 1. The van der Waals surface area contributed by atoms with E-state index in [0.29, 0.717) is 11.7 Å². The Bertz CT molecular complexity index is 493. The summed E-state index contributed by atoms with van der Waals surface area (Å²) in [5, 5.41) is 0. The standard InChI is InChI=1S/C14H21N3O2/c1-3-16(4-2)11-8-9-17(10-11)14(19)12-6-5-7-13(18)15-12/h5-7,11H,3-4,8-10H2,1-2H3,(H,15,18). The zero-order valence-electron chi connectivity index (χ0n) is 11.6. The van der Waals surface area contributed by atoms with Crippen LogP contribution in [-0.4, -0.2) is 52.9 Å². The molecule has 1 atom stereocenters. The molecule has 1 amide bonds. The number of likely N-dealkylation sites (tertiary alicyclic amines) is 1. The van der Waals surface area contributed by atoms with Crippen LogP contribution in [0.4, 0.5) is 0 Å². The first-order chi connectivity index (χ1) is 9.15. The minimum Gasteiger partial charge on any atom is -0.336 e. The zero-order valence-corrected chi connectivity index (χ0v) is 11.6. The Balaban J connectivity index is 2.04. The highest BCUT2D eigenvalue weighted by molar-refractivity contribution is 5.92. The lowest BCUT2D eigenvalue weighted by atomic mass is 10.2. The average Bonchev–Trinajstić information content (AvgIpc) is 2.89. The monoisotopic (exact) mass is 263 g/mol. The maximum Gasteiger partial charge on any atom is 0.270 e. The summed E-state index contributed by atoms with van der Waals surface area (Å²) in [5.74, 6) is -0.0765. The van der Waals surface area contributed by atoms with Crippen LogP contribution in [0.2, 0.25) is 0 Å². The number of amides is 1. The zero-order chi connectivity index (χ0) is 13.8. The number of pyridine rings is 1. The number of rotatable bonds is 4. The van der Waals surface area contributed by atoms with Crippen molar-refractivity contribution in [2.45, 2.75) is 26.3 Å². The van der Waals surface area contributed by atoms with E-state index in [9.17, 15) is 9.59 Å². The summed E-state index contributed by atoms with van der Waals surface area (Å²) in [4.78, 5) is 30.3. The van der Waals surface area contributed by atoms with Crippen molar-refractivity contribution < 1.29 is 4.79 Å². The van der Waals surface area contributed by atoms with Gasteiger partial charge in [0.1, 0.15) is 5.69 Å². The first-order valence-electron chi connectivity index (χ1n) is 6.88. The third-order valence-electron chi connectivity index (χ3n) is 3.78. The molecule has 1 aromatic rings. The molecule has 0 bridgehead atoms. The van der Waals surface area contributed by atoms with Gasteiger partial charge in [-0.1, -0.05) is 19.9 Å². The Kier molecular flexibility index (Phi) is 4.37. The van der Waals surface area contributed by atoms with Gasteiger partial charge in [0.05, 0.1) is 0 Å². The lowest BCUT2D eigenvalue weighted by Gasteiger charge is -2.26. The minimum atomic E-state index is -0.231. The van der Waals surface area contributed by atoms with E-state index in [-0.39, 0.29) is 11.5 Å². The molecule has 1 aliphatic heterocycles. The van der Waals surface area contributed by atoms with Gasteiger partial charge in [0.15, 0.2) is 0 Å². The third kappa shape index (κ3) is 3.04. The molecular weight excluding hydrogens is 242 g/mol. The van der Waals surface area contributed by atoms with Gasteiger partial charge in [-0.25, -0.2) is 0 Å². The fourth-order valence-corrected chi connectivity index (χ4v) is 2.71. The van der Waals surface area contributed by atoms with Crippen molar-refractivity contribution in [3.63, 3.8) is 0 Å². The highest BCUT2D eigenvalue weighted by atomic mass is 16.2. The van der Waals surface area contributed by atoms with Gasteiger partial charge in [-0.2, -0.15) is 0 Å². The summed E-state index contributed by atoms with van der Waals surface area (Å²) in [6.45, 7) is 7.80. The number of carbonyl (C=O) groups excluding carboxylic acids is 1. The first kappa shape index (κ1) is 13.8. The number of nitrogens with zero attached hydrogens (tertiary/aromatic N) is 2. The van der Waals surface area contributed by atoms with E-state index in [1.807, 2.05) is 4.90 Å². The Morgan fingerprint density at radius 1 is 1.42 bits per heavy atom. The summed E-state index contributed by atoms with van der Waals surface area (Å²) >= 11 is 0. The van der Waals surface area contributed by atoms with Crippen molar-refractivity contribution in [3.8, 4) is 0 Å². The topological polar surface area (TPSA) is 56.4 Å². The molecule has 1 aliphatic rings.